The lowest BCUT2D eigenvalue weighted by molar-refractivity contribution is -0.0107. The Morgan fingerprint density at radius 3 is 2.79 bits per heavy atom. The number of ether oxygens (including phenoxy) is 1. The maximum atomic E-state index is 12.3. The molecule has 19 heavy (non-hydrogen) atoms. The predicted molar refractivity (Wildman–Crippen MR) is 70.4 cm³/mol. The Morgan fingerprint density at radius 1 is 1.47 bits per heavy atom. The standard InChI is InChI=1S/C14H19NO4/c1-14(18)6-3-7-15(9-14)13(17)10-4-5-12(19-2)11(16)8-10/h4-5,8,16,18H,3,6-7,9H2,1-2H3. The molecule has 1 saturated heterocycles. The number of benzene rings is 1. The van der Waals surface area contributed by atoms with E-state index in [0.717, 1.165) is 6.42 Å². The highest BCUT2D eigenvalue weighted by atomic mass is 16.5. The molecule has 1 aromatic carbocycles. The van der Waals surface area contributed by atoms with Crippen molar-refractivity contribution >= 4 is 5.91 Å². The average molecular weight is 265 g/mol. The van der Waals surface area contributed by atoms with Gasteiger partial charge in [-0.25, -0.2) is 0 Å². The summed E-state index contributed by atoms with van der Waals surface area (Å²) in [6.07, 6.45) is 1.48. The summed E-state index contributed by atoms with van der Waals surface area (Å²) in [4.78, 5) is 13.9. The lowest BCUT2D eigenvalue weighted by Crippen LogP contribution is -2.48. The first kappa shape index (κ1) is 13.7. The maximum absolute atomic E-state index is 12.3. The van der Waals surface area contributed by atoms with E-state index in [9.17, 15) is 15.0 Å². The van der Waals surface area contributed by atoms with Crippen LogP contribution in [0.5, 0.6) is 11.5 Å². The van der Waals surface area contributed by atoms with E-state index in [4.69, 9.17) is 4.74 Å². The van der Waals surface area contributed by atoms with Crippen molar-refractivity contribution in [2.75, 3.05) is 20.2 Å². The smallest absolute Gasteiger partial charge is 0.254 e. The Balaban J connectivity index is 2.17. The molecule has 2 N–H and O–H groups in total. The van der Waals surface area contributed by atoms with Gasteiger partial charge in [0.2, 0.25) is 0 Å². The van der Waals surface area contributed by atoms with Gasteiger partial charge in [-0.05, 0) is 38.0 Å². The van der Waals surface area contributed by atoms with E-state index in [1.807, 2.05) is 0 Å². The second-order valence-electron chi connectivity index (χ2n) is 5.21. The molecule has 1 fully saturated rings. The van der Waals surface area contributed by atoms with E-state index >= 15 is 0 Å². The van der Waals surface area contributed by atoms with Crippen molar-refractivity contribution in [1.29, 1.82) is 0 Å². The molecule has 104 valence electrons. The molecule has 2 rings (SSSR count). The quantitative estimate of drug-likeness (QED) is 0.847. The number of hydrogen-bond donors (Lipinski definition) is 2. The third kappa shape index (κ3) is 2.98. The van der Waals surface area contributed by atoms with E-state index < -0.39 is 5.60 Å². The van der Waals surface area contributed by atoms with Crippen molar-refractivity contribution in [1.82, 2.24) is 4.90 Å². The minimum absolute atomic E-state index is 0.0582. The number of amides is 1. The van der Waals surface area contributed by atoms with Crippen molar-refractivity contribution in [2.45, 2.75) is 25.4 Å². The molecule has 1 aliphatic rings. The molecule has 0 radical (unpaired) electrons. The number of carbonyl (C=O) groups excluding carboxylic acids is 1. The zero-order valence-electron chi connectivity index (χ0n) is 11.2. The third-order valence-corrected chi connectivity index (χ3v) is 3.39. The van der Waals surface area contributed by atoms with Gasteiger partial charge in [0.1, 0.15) is 0 Å². The van der Waals surface area contributed by atoms with Gasteiger partial charge in [-0.2, -0.15) is 0 Å². The minimum Gasteiger partial charge on any atom is -0.504 e. The van der Waals surface area contributed by atoms with Crippen LogP contribution < -0.4 is 4.74 Å². The molecule has 1 unspecified atom stereocenters. The van der Waals surface area contributed by atoms with Gasteiger partial charge in [0, 0.05) is 18.7 Å². The monoisotopic (exact) mass is 265 g/mol. The molecule has 0 saturated carbocycles. The minimum atomic E-state index is -0.831. The number of nitrogens with zero attached hydrogens (tertiary/aromatic N) is 1. The number of carbonyl (C=O) groups is 1. The molecule has 0 aromatic heterocycles. The van der Waals surface area contributed by atoms with Gasteiger partial charge < -0.3 is 19.8 Å². The van der Waals surface area contributed by atoms with E-state index in [1.165, 1.54) is 13.2 Å². The molecule has 0 bridgehead atoms. The summed E-state index contributed by atoms with van der Waals surface area (Å²) in [6.45, 7) is 2.68. The molecular weight excluding hydrogens is 246 g/mol. The zero-order valence-corrected chi connectivity index (χ0v) is 11.2. The van der Waals surface area contributed by atoms with Crippen LogP contribution in [0.3, 0.4) is 0 Å². The predicted octanol–water partition coefficient (Wildman–Crippen LogP) is 1.39. The van der Waals surface area contributed by atoms with E-state index in [0.29, 0.717) is 30.8 Å². The second kappa shape index (κ2) is 5.09. The fraction of sp³-hybridized carbons (Fsp3) is 0.500. The van der Waals surface area contributed by atoms with Gasteiger partial charge in [0.25, 0.3) is 5.91 Å². The highest BCUT2D eigenvalue weighted by molar-refractivity contribution is 5.95. The summed E-state index contributed by atoms with van der Waals surface area (Å²) < 4.78 is 4.94. The Bertz CT molecular complexity index is 484. The molecule has 1 atom stereocenters. The first-order valence-electron chi connectivity index (χ1n) is 6.31. The van der Waals surface area contributed by atoms with Crippen molar-refractivity contribution < 1.29 is 19.7 Å². The number of piperidine rings is 1. The number of methoxy groups -OCH3 is 1. The number of aliphatic hydroxyl groups is 1. The highest BCUT2D eigenvalue weighted by Crippen LogP contribution is 2.28. The number of hydrogen-bond acceptors (Lipinski definition) is 4. The van der Waals surface area contributed by atoms with Crippen LogP contribution in [0.2, 0.25) is 0 Å². The van der Waals surface area contributed by atoms with Crippen molar-refractivity contribution in [2.24, 2.45) is 0 Å². The Hall–Kier alpha value is -1.75. The fourth-order valence-corrected chi connectivity index (χ4v) is 2.40. The van der Waals surface area contributed by atoms with Gasteiger partial charge >= 0.3 is 0 Å². The van der Waals surface area contributed by atoms with Crippen molar-refractivity contribution in [3.05, 3.63) is 23.8 Å². The van der Waals surface area contributed by atoms with Gasteiger partial charge in [0.05, 0.1) is 12.7 Å². The summed E-state index contributed by atoms with van der Waals surface area (Å²) in [5.41, 5.74) is -0.432. The largest absolute Gasteiger partial charge is 0.504 e. The highest BCUT2D eigenvalue weighted by Gasteiger charge is 2.31. The normalized spacial score (nSPS) is 23.2. The summed E-state index contributed by atoms with van der Waals surface area (Å²) in [7, 11) is 1.46. The molecule has 1 aromatic rings. The van der Waals surface area contributed by atoms with Gasteiger partial charge in [-0.3, -0.25) is 4.79 Å². The van der Waals surface area contributed by atoms with Gasteiger partial charge in [-0.15, -0.1) is 0 Å². The Kier molecular flexibility index (Phi) is 3.66. The number of aromatic hydroxyl groups is 1. The van der Waals surface area contributed by atoms with Gasteiger partial charge in [-0.1, -0.05) is 0 Å². The van der Waals surface area contributed by atoms with Crippen molar-refractivity contribution in [3.8, 4) is 11.5 Å². The van der Waals surface area contributed by atoms with Crippen LogP contribution in [-0.2, 0) is 0 Å². The summed E-state index contributed by atoms with van der Waals surface area (Å²) in [5, 5.41) is 19.7. The molecule has 5 nitrogen and oxygen atoms in total. The number of likely N-dealkylation sites (tertiary alicyclic amines) is 1. The van der Waals surface area contributed by atoms with E-state index in [1.54, 1.807) is 24.0 Å². The third-order valence-electron chi connectivity index (χ3n) is 3.39. The summed E-state index contributed by atoms with van der Waals surface area (Å²) in [5.74, 6) is 0.0947. The molecule has 1 aliphatic heterocycles. The number of β-amino-alcohol motifs (C(OH)–C–C–N with tert-alkyl or cyclic N) is 1. The average Bonchev–Trinajstić information content (AvgIpc) is 2.36. The van der Waals surface area contributed by atoms with Crippen LogP contribution in [0, 0.1) is 0 Å². The first-order chi connectivity index (χ1) is 8.93. The molecule has 1 heterocycles. The SMILES string of the molecule is COc1ccc(C(=O)N2CCCC(C)(O)C2)cc1O. The number of phenolic OH excluding ortho intramolecular Hbond substituents is 1. The van der Waals surface area contributed by atoms with E-state index in [-0.39, 0.29) is 11.7 Å². The van der Waals surface area contributed by atoms with Crippen LogP contribution in [0.25, 0.3) is 0 Å². The zero-order chi connectivity index (χ0) is 14.0. The Labute approximate surface area is 112 Å². The van der Waals surface area contributed by atoms with Crippen LogP contribution in [0.15, 0.2) is 18.2 Å². The van der Waals surface area contributed by atoms with Crippen LogP contribution in [0.1, 0.15) is 30.1 Å². The van der Waals surface area contributed by atoms with Gasteiger partial charge in [0.15, 0.2) is 11.5 Å². The van der Waals surface area contributed by atoms with Crippen LogP contribution >= 0.6 is 0 Å². The summed E-state index contributed by atoms with van der Waals surface area (Å²) in [6, 6.07) is 4.57. The molecule has 5 heteroatoms. The topological polar surface area (TPSA) is 70.0 Å². The molecule has 0 aliphatic carbocycles. The first-order valence-corrected chi connectivity index (χ1v) is 6.31. The van der Waals surface area contributed by atoms with E-state index in [2.05, 4.69) is 0 Å². The Morgan fingerprint density at radius 2 is 2.21 bits per heavy atom. The molecule has 1 amide bonds. The van der Waals surface area contributed by atoms with Crippen LogP contribution in [-0.4, -0.2) is 46.8 Å². The summed E-state index contributed by atoms with van der Waals surface area (Å²) >= 11 is 0. The lowest BCUT2D eigenvalue weighted by Gasteiger charge is -2.36. The molecule has 0 spiro atoms. The van der Waals surface area contributed by atoms with Crippen molar-refractivity contribution in [3.63, 3.8) is 0 Å². The second-order valence-corrected chi connectivity index (χ2v) is 5.21. The van der Waals surface area contributed by atoms with Crippen LogP contribution in [0.4, 0.5) is 0 Å². The lowest BCUT2D eigenvalue weighted by atomic mass is 9.94. The number of rotatable bonds is 2. The number of phenols is 1. The maximum Gasteiger partial charge on any atom is 0.254 e. The fourth-order valence-electron chi connectivity index (χ4n) is 2.40. The molecular formula is C14H19NO4.